The van der Waals surface area contributed by atoms with Crippen molar-refractivity contribution in [2.75, 3.05) is 5.32 Å². The summed E-state index contributed by atoms with van der Waals surface area (Å²) in [6, 6.07) is 7.56. The summed E-state index contributed by atoms with van der Waals surface area (Å²) in [5, 5.41) is 6.18. The minimum absolute atomic E-state index is 0.0395. The largest absolute Gasteiger partial charge is 0.471 e. The van der Waals surface area contributed by atoms with Crippen molar-refractivity contribution in [2.45, 2.75) is 51.6 Å². The average molecular weight is 355 g/mol. The fraction of sp³-hybridized carbons (Fsp3) is 0.471. The average Bonchev–Trinajstić information content (AvgIpc) is 3.02. The molecule has 0 aliphatic carbocycles. The Morgan fingerprint density at radius 3 is 2.56 bits per heavy atom. The van der Waals surface area contributed by atoms with E-state index in [1.165, 1.54) is 0 Å². The number of para-hydroxylation sites is 1. The third-order valence-corrected chi connectivity index (χ3v) is 3.68. The molecule has 0 aliphatic rings. The Morgan fingerprint density at radius 1 is 1.16 bits per heavy atom. The summed E-state index contributed by atoms with van der Waals surface area (Å²) < 4.78 is 41.1. The highest BCUT2D eigenvalue weighted by Crippen LogP contribution is 2.27. The summed E-state index contributed by atoms with van der Waals surface area (Å²) in [6.45, 7) is 1.93. The van der Waals surface area contributed by atoms with E-state index in [9.17, 15) is 18.0 Å². The lowest BCUT2D eigenvalue weighted by Crippen LogP contribution is -2.11. The zero-order valence-electron chi connectivity index (χ0n) is 13.9. The van der Waals surface area contributed by atoms with Crippen LogP contribution in [0.1, 0.15) is 49.4 Å². The van der Waals surface area contributed by atoms with Crippen molar-refractivity contribution in [3.05, 3.63) is 41.5 Å². The molecule has 2 aromatic rings. The lowest BCUT2D eigenvalue weighted by atomic mass is 10.1. The van der Waals surface area contributed by atoms with E-state index in [2.05, 4.69) is 20.0 Å². The van der Waals surface area contributed by atoms with E-state index < -0.39 is 12.1 Å². The first kappa shape index (κ1) is 19.0. The molecule has 136 valence electrons. The number of carbonyl (C=O) groups excluding carboxylic acids is 1. The number of hydrogen-bond donors (Lipinski definition) is 1. The van der Waals surface area contributed by atoms with Gasteiger partial charge in [-0.2, -0.15) is 18.2 Å². The van der Waals surface area contributed by atoms with E-state index in [1.807, 2.05) is 31.2 Å². The molecule has 0 saturated heterocycles. The number of carbonyl (C=O) groups is 1. The second-order valence-electron chi connectivity index (χ2n) is 5.79. The maximum absolute atomic E-state index is 12.3. The topological polar surface area (TPSA) is 68.0 Å². The molecule has 0 saturated carbocycles. The van der Waals surface area contributed by atoms with Gasteiger partial charge in [-0.05, 0) is 31.4 Å². The molecule has 0 spiro atoms. The van der Waals surface area contributed by atoms with Gasteiger partial charge in [0, 0.05) is 18.5 Å². The molecule has 0 fully saturated rings. The van der Waals surface area contributed by atoms with Crippen molar-refractivity contribution in [2.24, 2.45) is 0 Å². The number of aryl methyl sites for hydroxylation is 2. The van der Waals surface area contributed by atoms with Gasteiger partial charge in [-0.3, -0.25) is 4.79 Å². The van der Waals surface area contributed by atoms with Crippen molar-refractivity contribution in [3.8, 4) is 0 Å². The summed E-state index contributed by atoms with van der Waals surface area (Å²) in [5.41, 5.74) is 1.82. The molecule has 0 aliphatic heterocycles. The van der Waals surface area contributed by atoms with Crippen molar-refractivity contribution >= 4 is 11.6 Å². The van der Waals surface area contributed by atoms with Crippen LogP contribution in [0.25, 0.3) is 0 Å². The minimum Gasteiger partial charge on any atom is -0.329 e. The SMILES string of the molecule is Cc1ccccc1NC(=O)CCCCCCc1noc(C(F)(F)F)n1. The zero-order valence-corrected chi connectivity index (χ0v) is 13.9. The fourth-order valence-corrected chi connectivity index (χ4v) is 2.32. The van der Waals surface area contributed by atoms with Gasteiger partial charge in [0.1, 0.15) is 0 Å². The molecule has 0 radical (unpaired) electrons. The zero-order chi connectivity index (χ0) is 18.3. The Balaban J connectivity index is 1.60. The van der Waals surface area contributed by atoms with Crippen molar-refractivity contribution < 1.29 is 22.5 Å². The van der Waals surface area contributed by atoms with Crippen LogP contribution in [0.15, 0.2) is 28.8 Å². The molecule has 2 rings (SSSR count). The second-order valence-corrected chi connectivity index (χ2v) is 5.79. The van der Waals surface area contributed by atoms with Crippen LogP contribution in [0, 0.1) is 6.92 Å². The Labute approximate surface area is 143 Å². The third kappa shape index (κ3) is 6.21. The standard InChI is InChI=1S/C17H20F3N3O2/c1-12-8-6-7-9-13(12)21-15(24)11-5-3-2-4-10-14-22-16(25-23-14)17(18,19)20/h6-9H,2-5,10-11H2,1H3,(H,21,24). The molecule has 0 bridgehead atoms. The number of nitrogens with zero attached hydrogens (tertiary/aromatic N) is 2. The second kappa shape index (κ2) is 8.64. The van der Waals surface area contributed by atoms with Gasteiger partial charge in [0.25, 0.3) is 0 Å². The lowest BCUT2D eigenvalue weighted by Gasteiger charge is -2.07. The van der Waals surface area contributed by atoms with Gasteiger partial charge >= 0.3 is 12.1 Å². The number of benzene rings is 1. The van der Waals surface area contributed by atoms with E-state index >= 15 is 0 Å². The Hall–Kier alpha value is -2.38. The van der Waals surface area contributed by atoms with Crippen molar-refractivity contribution in [3.63, 3.8) is 0 Å². The van der Waals surface area contributed by atoms with E-state index in [-0.39, 0.29) is 11.7 Å². The summed E-state index contributed by atoms with van der Waals surface area (Å²) >= 11 is 0. The highest BCUT2D eigenvalue weighted by Gasteiger charge is 2.38. The molecule has 0 atom stereocenters. The Morgan fingerprint density at radius 2 is 1.88 bits per heavy atom. The van der Waals surface area contributed by atoms with Crippen LogP contribution in [0.4, 0.5) is 18.9 Å². The van der Waals surface area contributed by atoms with Crippen LogP contribution in [0.5, 0.6) is 0 Å². The van der Waals surface area contributed by atoms with Crippen LogP contribution in [-0.2, 0) is 17.4 Å². The summed E-state index contributed by atoms with van der Waals surface area (Å²) in [7, 11) is 0. The first-order valence-corrected chi connectivity index (χ1v) is 8.11. The number of nitrogens with one attached hydrogen (secondary N) is 1. The van der Waals surface area contributed by atoms with Crippen LogP contribution in [0.2, 0.25) is 0 Å². The van der Waals surface area contributed by atoms with Crippen molar-refractivity contribution in [1.29, 1.82) is 0 Å². The highest BCUT2D eigenvalue weighted by atomic mass is 19.4. The maximum Gasteiger partial charge on any atom is 0.471 e. The summed E-state index contributed by atoms with van der Waals surface area (Å²) in [5.74, 6) is -1.29. The summed E-state index contributed by atoms with van der Waals surface area (Å²) in [4.78, 5) is 15.2. The number of anilines is 1. The molecule has 1 amide bonds. The Kier molecular flexibility index (Phi) is 6.55. The molecule has 1 aromatic carbocycles. The van der Waals surface area contributed by atoms with E-state index in [1.54, 1.807) is 0 Å². The predicted molar refractivity (Wildman–Crippen MR) is 85.9 cm³/mol. The number of unbranched alkanes of at least 4 members (excludes halogenated alkanes) is 3. The van der Waals surface area contributed by atoms with Gasteiger partial charge in [0.05, 0.1) is 0 Å². The maximum atomic E-state index is 12.3. The van der Waals surface area contributed by atoms with Gasteiger partial charge in [-0.25, -0.2) is 0 Å². The fourth-order valence-electron chi connectivity index (χ4n) is 2.32. The number of rotatable bonds is 8. The number of halogens is 3. The molecule has 25 heavy (non-hydrogen) atoms. The van der Waals surface area contributed by atoms with Gasteiger partial charge in [0.15, 0.2) is 5.82 Å². The molecule has 5 nitrogen and oxygen atoms in total. The van der Waals surface area contributed by atoms with Crippen molar-refractivity contribution in [1.82, 2.24) is 10.1 Å². The third-order valence-electron chi connectivity index (χ3n) is 3.68. The molecule has 0 unspecified atom stereocenters. The Bertz CT molecular complexity index is 698. The number of hydrogen-bond acceptors (Lipinski definition) is 4. The van der Waals surface area contributed by atoms with Gasteiger partial charge < -0.3 is 9.84 Å². The summed E-state index contributed by atoms with van der Waals surface area (Å²) in [6.07, 6.45) is -0.897. The van der Waals surface area contributed by atoms with E-state index in [0.29, 0.717) is 19.3 Å². The number of aromatic nitrogens is 2. The van der Waals surface area contributed by atoms with Gasteiger partial charge in [-0.1, -0.05) is 36.2 Å². The van der Waals surface area contributed by atoms with Crippen LogP contribution < -0.4 is 5.32 Å². The smallest absolute Gasteiger partial charge is 0.329 e. The van der Waals surface area contributed by atoms with E-state index in [0.717, 1.165) is 30.5 Å². The molecular weight excluding hydrogens is 335 g/mol. The highest BCUT2D eigenvalue weighted by molar-refractivity contribution is 5.91. The molecular formula is C17H20F3N3O2. The first-order chi connectivity index (χ1) is 11.9. The van der Waals surface area contributed by atoms with Crippen LogP contribution in [-0.4, -0.2) is 16.0 Å². The van der Waals surface area contributed by atoms with Gasteiger partial charge in [-0.15, -0.1) is 0 Å². The van der Waals surface area contributed by atoms with Crippen LogP contribution >= 0.6 is 0 Å². The minimum atomic E-state index is -4.60. The van der Waals surface area contributed by atoms with Gasteiger partial charge in [0.2, 0.25) is 5.91 Å². The lowest BCUT2D eigenvalue weighted by molar-refractivity contribution is -0.159. The predicted octanol–water partition coefficient (Wildman–Crippen LogP) is 4.53. The molecule has 8 heteroatoms. The number of alkyl halides is 3. The number of amides is 1. The quantitative estimate of drug-likeness (QED) is 0.707. The monoisotopic (exact) mass is 355 g/mol. The normalized spacial score (nSPS) is 11.5. The van der Waals surface area contributed by atoms with E-state index in [4.69, 9.17) is 0 Å². The molecule has 1 heterocycles. The molecule has 1 N–H and O–H groups in total. The molecule has 1 aromatic heterocycles. The van der Waals surface area contributed by atoms with Crippen LogP contribution in [0.3, 0.4) is 0 Å². The first-order valence-electron chi connectivity index (χ1n) is 8.11.